The van der Waals surface area contributed by atoms with Crippen molar-refractivity contribution < 1.29 is 34.7 Å². The molecule has 4 N–H and O–H groups in total. The standard InChI is InChI=1S/C21H31NO7/c1-22(2)11-13-6-3-4-9-15(13)12-7-5-8-14(10-12)28-21-18(25)16(23)17(24)19(29-21)20(26)27/h5,7-8,10,13,15-19,21,23-25H,3-4,6,9,11H2,1-2H3,(H,26,27)/t13-,15-,16?,17?,18?,19?,21?/m0/s1. The van der Waals surface area contributed by atoms with Gasteiger partial charge in [-0.1, -0.05) is 25.0 Å². The number of carbonyl (C=O) groups is 1. The monoisotopic (exact) mass is 409 g/mol. The van der Waals surface area contributed by atoms with Crippen LogP contribution in [0.15, 0.2) is 24.3 Å². The van der Waals surface area contributed by atoms with Crippen molar-refractivity contribution in [3.63, 3.8) is 0 Å². The summed E-state index contributed by atoms with van der Waals surface area (Å²) < 4.78 is 10.9. The van der Waals surface area contributed by atoms with Crippen molar-refractivity contribution in [1.29, 1.82) is 0 Å². The molecule has 1 aromatic carbocycles. The highest BCUT2D eigenvalue weighted by molar-refractivity contribution is 5.73. The number of carboxylic acid groups (broad SMARTS) is 1. The lowest BCUT2D eigenvalue weighted by Gasteiger charge is -2.38. The highest BCUT2D eigenvalue weighted by Crippen LogP contribution is 2.39. The number of benzene rings is 1. The number of hydrogen-bond acceptors (Lipinski definition) is 7. The Morgan fingerprint density at radius 3 is 2.55 bits per heavy atom. The van der Waals surface area contributed by atoms with Gasteiger partial charge in [-0.2, -0.15) is 0 Å². The Morgan fingerprint density at radius 1 is 1.14 bits per heavy atom. The van der Waals surface area contributed by atoms with Crippen LogP contribution in [-0.4, -0.2) is 82.6 Å². The Balaban J connectivity index is 1.76. The topological polar surface area (TPSA) is 120 Å². The maximum Gasteiger partial charge on any atom is 0.335 e. The van der Waals surface area contributed by atoms with E-state index in [0.717, 1.165) is 18.5 Å². The zero-order valence-electron chi connectivity index (χ0n) is 16.8. The molecule has 1 aliphatic heterocycles. The van der Waals surface area contributed by atoms with Gasteiger partial charge in [0.15, 0.2) is 6.10 Å². The van der Waals surface area contributed by atoms with E-state index in [4.69, 9.17) is 9.47 Å². The van der Waals surface area contributed by atoms with Gasteiger partial charge in [0.25, 0.3) is 0 Å². The van der Waals surface area contributed by atoms with E-state index in [1.807, 2.05) is 12.1 Å². The number of carboxylic acids is 1. The van der Waals surface area contributed by atoms with Gasteiger partial charge in [-0.3, -0.25) is 0 Å². The third kappa shape index (κ3) is 5.07. The van der Waals surface area contributed by atoms with Gasteiger partial charge in [-0.25, -0.2) is 4.79 Å². The van der Waals surface area contributed by atoms with Crippen LogP contribution in [0.5, 0.6) is 5.75 Å². The molecule has 0 bridgehead atoms. The van der Waals surface area contributed by atoms with E-state index in [9.17, 15) is 25.2 Å². The molecule has 1 saturated carbocycles. The summed E-state index contributed by atoms with van der Waals surface area (Å²) in [5.41, 5.74) is 1.13. The molecule has 0 aromatic heterocycles. The van der Waals surface area contributed by atoms with Gasteiger partial charge >= 0.3 is 5.97 Å². The Bertz CT molecular complexity index is 697. The maximum atomic E-state index is 11.3. The third-order valence-electron chi connectivity index (χ3n) is 5.86. The molecule has 7 atom stereocenters. The highest BCUT2D eigenvalue weighted by atomic mass is 16.7. The van der Waals surface area contributed by atoms with Crippen LogP contribution >= 0.6 is 0 Å². The van der Waals surface area contributed by atoms with Crippen molar-refractivity contribution in [2.24, 2.45) is 5.92 Å². The minimum atomic E-state index is -1.73. The van der Waals surface area contributed by atoms with E-state index >= 15 is 0 Å². The van der Waals surface area contributed by atoms with Crippen molar-refractivity contribution in [3.05, 3.63) is 29.8 Å². The fraction of sp³-hybridized carbons (Fsp3) is 0.667. The predicted molar refractivity (Wildman–Crippen MR) is 105 cm³/mol. The van der Waals surface area contributed by atoms with Gasteiger partial charge in [0.1, 0.15) is 24.1 Å². The van der Waals surface area contributed by atoms with Crippen molar-refractivity contribution in [3.8, 4) is 5.75 Å². The van der Waals surface area contributed by atoms with Crippen molar-refractivity contribution >= 4 is 5.97 Å². The summed E-state index contributed by atoms with van der Waals surface area (Å²) in [5.74, 6) is -0.0713. The summed E-state index contributed by atoms with van der Waals surface area (Å²) in [4.78, 5) is 13.5. The van der Waals surface area contributed by atoms with E-state index in [2.05, 4.69) is 25.1 Å². The number of aliphatic carboxylic acids is 1. The second-order valence-corrected chi connectivity index (χ2v) is 8.34. The van der Waals surface area contributed by atoms with Crippen molar-refractivity contribution in [2.75, 3.05) is 20.6 Å². The lowest BCUT2D eigenvalue weighted by atomic mass is 9.75. The first-order valence-corrected chi connectivity index (χ1v) is 10.1. The Morgan fingerprint density at radius 2 is 1.86 bits per heavy atom. The molecule has 3 rings (SSSR count). The molecule has 2 aliphatic rings. The molecule has 1 heterocycles. The highest BCUT2D eigenvalue weighted by Gasteiger charge is 2.48. The van der Waals surface area contributed by atoms with E-state index in [0.29, 0.717) is 17.6 Å². The zero-order chi connectivity index (χ0) is 21.1. The second kappa shape index (κ2) is 9.40. The molecule has 8 nitrogen and oxygen atoms in total. The first-order chi connectivity index (χ1) is 13.8. The van der Waals surface area contributed by atoms with Crippen LogP contribution in [-0.2, 0) is 9.53 Å². The summed E-state index contributed by atoms with van der Waals surface area (Å²) in [6, 6.07) is 7.52. The molecule has 1 aromatic rings. The Labute approximate surface area is 170 Å². The number of aliphatic hydroxyl groups excluding tert-OH is 3. The third-order valence-corrected chi connectivity index (χ3v) is 5.86. The van der Waals surface area contributed by atoms with Crippen molar-refractivity contribution in [2.45, 2.75) is 62.3 Å². The van der Waals surface area contributed by atoms with Gasteiger partial charge in [0, 0.05) is 6.54 Å². The van der Waals surface area contributed by atoms with Crippen molar-refractivity contribution in [1.82, 2.24) is 4.90 Å². The average molecular weight is 409 g/mol. The minimum Gasteiger partial charge on any atom is -0.479 e. The summed E-state index contributed by atoms with van der Waals surface area (Å²) in [6.07, 6.45) is -3.39. The molecule has 1 saturated heterocycles. The fourth-order valence-electron chi connectivity index (χ4n) is 4.44. The molecule has 0 amide bonds. The quantitative estimate of drug-likeness (QED) is 0.545. The molecule has 29 heavy (non-hydrogen) atoms. The van der Waals surface area contributed by atoms with Gasteiger partial charge in [-0.05, 0) is 56.5 Å². The molecule has 0 radical (unpaired) electrons. The van der Waals surface area contributed by atoms with Gasteiger partial charge < -0.3 is 34.8 Å². The average Bonchev–Trinajstić information content (AvgIpc) is 2.68. The lowest BCUT2D eigenvalue weighted by Crippen LogP contribution is -2.61. The summed E-state index contributed by atoms with van der Waals surface area (Å²) in [7, 11) is 4.15. The molecule has 1 aliphatic carbocycles. The predicted octanol–water partition coefficient (Wildman–Crippen LogP) is 0.793. The SMILES string of the molecule is CN(C)C[C@@H]1CCCC[C@H]1c1cccc(OC2OC(C(=O)O)C(O)C(O)C2O)c1. The van der Waals surface area contributed by atoms with Crippen LogP contribution in [0.3, 0.4) is 0 Å². The molecule has 162 valence electrons. The second-order valence-electron chi connectivity index (χ2n) is 8.34. The number of aliphatic hydroxyl groups is 3. The molecular weight excluding hydrogens is 378 g/mol. The van der Waals surface area contributed by atoms with E-state index in [1.165, 1.54) is 19.3 Å². The largest absolute Gasteiger partial charge is 0.479 e. The first kappa shape index (κ1) is 22.0. The lowest BCUT2D eigenvalue weighted by molar-refractivity contribution is -0.271. The summed E-state index contributed by atoms with van der Waals surface area (Å²) >= 11 is 0. The summed E-state index contributed by atoms with van der Waals surface area (Å²) in [5, 5.41) is 39.1. The van der Waals surface area contributed by atoms with Gasteiger partial charge in [0.05, 0.1) is 0 Å². The smallest absolute Gasteiger partial charge is 0.335 e. The van der Waals surface area contributed by atoms with Crippen LogP contribution in [0.4, 0.5) is 0 Å². The molecule has 0 spiro atoms. The van der Waals surface area contributed by atoms with Crippen LogP contribution < -0.4 is 4.74 Å². The summed E-state index contributed by atoms with van der Waals surface area (Å²) in [6.45, 7) is 1.00. The van der Waals surface area contributed by atoms with E-state index in [1.54, 1.807) is 6.07 Å². The van der Waals surface area contributed by atoms with Crippen LogP contribution in [0, 0.1) is 5.92 Å². The van der Waals surface area contributed by atoms with Gasteiger partial charge in [-0.15, -0.1) is 0 Å². The number of rotatable bonds is 6. The number of hydrogen-bond donors (Lipinski definition) is 4. The fourth-order valence-corrected chi connectivity index (χ4v) is 4.44. The number of ether oxygens (including phenoxy) is 2. The first-order valence-electron chi connectivity index (χ1n) is 10.1. The Hall–Kier alpha value is -1.71. The molecule has 2 fully saturated rings. The molecule has 5 unspecified atom stereocenters. The van der Waals surface area contributed by atoms with Gasteiger partial charge in [0.2, 0.25) is 6.29 Å². The Kier molecular flexibility index (Phi) is 7.13. The van der Waals surface area contributed by atoms with Crippen LogP contribution in [0.2, 0.25) is 0 Å². The van der Waals surface area contributed by atoms with Crippen LogP contribution in [0.25, 0.3) is 0 Å². The van der Waals surface area contributed by atoms with Crippen LogP contribution in [0.1, 0.15) is 37.2 Å². The minimum absolute atomic E-state index is 0.395. The zero-order valence-corrected chi connectivity index (χ0v) is 16.8. The molecule has 8 heteroatoms. The van der Waals surface area contributed by atoms with E-state index in [-0.39, 0.29) is 0 Å². The number of nitrogens with zero attached hydrogens (tertiary/aromatic N) is 1. The van der Waals surface area contributed by atoms with E-state index < -0.39 is 36.7 Å². The normalized spacial score (nSPS) is 35.4. The molecular formula is C21H31NO7. The maximum absolute atomic E-state index is 11.3.